The van der Waals surface area contributed by atoms with Crippen LogP contribution in [0, 0.1) is 0 Å². The van der Waals surface area contributed by atoms with Gasteiger partial charge in [0, 0.05) is 11.5 Å². The minimum atomic E-state index is -0.548. The molecule has 0 aliphatic carbocycles. The average molecular weight is 287 g/mol. The fourth-order valence-electron chi connectivity index (χ4n) is 1.29. The minimum Gasteiger partial charge on any atom is -0.472 e. The van der Waals surface area contributed by atoms with Gasteiger partial charge in [-0.25, -0.2) is 4.79 Å². The third-order valence-electron chi connectivity index (χ3n) is 2.15. The lowest BCUT2D eigenvalue weighted by molar-refractivity contribution is 0.194. The van der Waals surface area contributed by atoms with Crippen LogP contribution >= 0.6 is 11.3 Å². The Hall–Kier alpha value is -2.53. The van der Waals surface area contributed by atoms with Crippen LogP contribution in [0.4, 0.5) is 10.5 Å². The van der Waals surface area contributed by atoms with Gasteiger partial charge in [0.15, 0.2) is 0 Å². The molecule has 0 saturated heterocycles. The molecule has 1 aliphatic heterocycles. The molecule has 0 saturated carbocycles. The number of carbonyl (C=O) groups excluding carboxylic acids is 1. The standard InChI is InChI=1S/C15H13NO3S/c17-15(16-13-8-11-20-12-13)19-14-6-4-2-1-3-5-9-18-10-7-14/h1-12H,(H,16,17). The fraction of sp³-hybridized carbons (Fsp3) is 0. The van der Waals surface area contributed by atoms with Gasteiger partial charge >= 0.3 is 6.09 Å². The van der Waals surface area contributed by atoms with Gasteiger partial charge in [-0.3, -0.25) is 5.32 Å². The van der Waals surface area contributed by atoms with Gasteiger partial charge in [0.1, 0.15) is 5.76 Å². The monoisotopic (exact) mass is 287 g/mol. The van der Waals surface area contributed by atoms with Crippen LogP contribution < -0.4 is 5.32 Å². The maximum absolute atomic E-state index is 11.7. The van der Waals surface area contributed by atoms with E-state index >= 15 is 0 Å². The third kappa shape index (κ3) is 4.99. The summed E-state index contributed by atoms with van der Waals surface area (Å²) in [6.45, 7) is 0. The summed E-state index contributed by atoms with van der Waals surface area (Å²) in [5.41, 5.74) is 0.707. The van der Waals surface area contributed by atoms with Crippen molar-refractivity contribution in [2.75, 3.05) is 5.32 Å². The second kappa shape index (κ2) is 7.81. The Morgan fingerprint density at radius 3 is 2.85 bits per heavy atom. The zero-order chi connectivity index (χ0) is 14.0. The summed E-state index contributed by atoms with van der Waals surface area (Å²) in [5.74, 6) is 0.373. The molecule has 1 amide bonds. The molecule has 2 heterocycles. The Kier molecular flexibility index (Phi) is 5.42. The first kappa shape index (κ1) is 13.9. The average Bonchev–Trinajstić information content (AvgIpc) is 2.90. The quantitative estimate of drug-likeness (QED) is 0.879. The molecule has 4 nitrogen and oxygen atoms in total. The summed E-state index contributed by atoms with van der Waals surface area (Å²) in [5, 5.41) is 6.32. The number of anilines is 1. The molecule has 1 aromatic heterocycles. The molecule has 0 fully saturated rings. The maximum Gasteiger partial charge on any atom is 0.417 e. The molecule has 0 spiro atoms. The molecule has 0 radical (unpaired) electrons. The van der Waals surface area contributed by atoms with Crippen LogP contribution in [0.3, 0.4) is 0 Å². The molecule has 0 aromatic carbocycles. The number of hydrogen-bond donors (Lipinski definition) is 1. The van der Waals surface area contributed by atoms with E-state index in [2.05, 4.69) is 5.32 Å². The smallest absolute Gasteiger partial charge is 0.417 e. The van der Waals surface area contributed by atoms with Crippen molar-refractivity contribution in [1.82, 2.24) is 0 Å². The van der Waals surface area contributed by atoms with Crippen LogP contribution in [-0.4, -0.2) is 6.09 Å². The fourth-order valence-corrected chi connectivity index (χ4v) is 1.88. The Morgan fingerprint density at radius 2 is 2.00 bits per heavy atom. The highest BCUT2D eigenvalue weighted by Crippen LogP contribution is 2.13. The number of thiophene rings is 1. The van der Waals surface area contributed by atoms with Gasteiger partial charge in [-0.2, -0.15) is 11.3 Å². The van der Waals surface area contributed by atoms with Crippen molar-refractivity contribution in [3.05, 3.63) is 77.6 Å². The molecule has 0 bridgehead atoms. The predicted octanol–water partition coefficient (Wildman–Crippen LogP) is 4.35. The summed E-state index contributed by atoms with van der Waals surface area (Å²) in [7, 11) is 0. The Bertz CT molecular complexity index is 580. The molecule has 102 valence electrons. The number of hydrogen-bond acceptors (Lipinski definition) is 4. The van der Waals surface area contributed by atoms with Crippen molar-refractivity contribution in [3.63, 3.8) is 0 Å². The number of nitrogens with one attached hydrogen (secondary N) is 1. The van der Waals surface area contributed by atoms with Crippen molar-refractivity contribution in [1.29, 1.82) is 0 Å². The summed E-state index contributed by atoms with van der Waals surface area (Å²) < 4.78 is 10.3. The van der Waals surface area contributed by atoms with Crippen LogP contribution in [0.5, 0.6) is 0 Å². The summed E-state index contributed by atoms with van der Waals surface area (Å²) in [4.78, 5) is 11.7. The van der Waals surface area contributed by atoms with Gasteiger partial charge in [0.2, 0.25) is 0 Å². The van der Waals surface area contributed by atoms with E-state index in [9.17, 15) is 4.79 Å². The molecule has 1 aliphatic rings. The molecule has 1 aromatic rings. The number of rotatable bonds is 2. The Balaban J connectivity index is 1.99. The van der Waals surface area contributed by atoms with Crippen molar-refractivity contribution >= 4 is 23.1 Å². The highest BCUT2D eigenvalue weighted by Gasteiger charge is 2.05. The number of ether oxygens (including phenoxy) is 2. The third-order valence-corrected chi connectivity index (χ3v) is 2.83. The lowest BCUT2D eigenvalue weighted by Crippen LogP contribution is -2.12. The van der Waals surface area contributed by atoms with Gasteiger partial charge in [-0.15, -0.1) is 0 Å². The summed E-state index contributed by atoms with van der Waals surface area (Å²) >= 11 is 1.50. The molecule has 20 heavy (non-hydrogen) atoms. The van der Waals surface area contributed by atoms with Gasteiger partial charge < -0.3 is 9.47 Å². The number of allylic oxidation sites excluding steroid dienone is 7. The zero-order valence-electron chi connectivity index (χ0n) is 10.6. The summed E-state index contributed by atoms with van der Waals surface area (Å²) in [6.07, 6.45) is 14.7. The maximum atomic E-state index is 11.7. The second-order valence-corrected chi connectivity index (χ2v) is 4.41. The van der Waals surface area contributed by atoms with E-state index in [0.29, 0.717) is 11.4 Å². The SMILES string of the molecule is O=C(Nc1ccsc1)OC1=CC=CC=CC=COC=C1. The van der Waals surface area contributed by atoms with Gasteiger partial charge in [-0.1, -0.05) is 24.3 Å². The topological polar surface area (TPSA) is 47.6 Å². The Labute approximate surface area is 121 Å². The van der Waals surface area contributed by atoms with Crippen molar-refractivity contribution < 1.29 is 14.3 Å². The first-order valence-electron chi connectivity index (χ1n) is 5.88. The van der Waals surface area contributed by atoms with Crippen LogP contribution in [0.1, 0.15) is 0 Å². The molecule has 0 unspecified atom stereocenters. The molecular weight excluding hydrogens is 274 g/mol. The zero-order valence-corrected chi connectivity index (χ0v) is 11.4. The van der Waals surface area contributed by atoms with Crippen LogP contribution in [-0.2, 0) is 9.47 Å². The van der Waals surface area contributed by atoms with E-state index in [4.69, 9.17) is 9.47 Å². The molecule has 0 atom stereocenters. The van der Waals surface area contributed by atoms with E-state index in [1.165, 1.54) is 23.9 Å². The van der Waals surface area contributed by atoms with Crippen molar-refractivity contribution in [2.45, 2.75) is 0 Å². The van der Waals surface area contributed by atoms with E-state index in [0.717, 1.165) is 0 Å². The lowest BCUT2D eigenvalue weighted by atomic mass is 10.3. The molecule has 5 heteroatoms. The predicted molar refractivity (Wildman–Crippen MR) is 80.2 cm³/mol. The van der Waals surface area contributed by atoms with Gasteiger partial charge in [-0.05, 0) is 23.6 Å². The molecule has 1 N–H and O–H groups in total. The Morgan fingerprint density at radius 1 is 1.15 bits per heavy atom. The minimum absolute atomic E-state index is 0.373. The highest BCUT2D eigenvalue weighted by molar-refractivity contribution is 7.08. The van der Waals surface area contributed by atoms with Crippen LogP contribution in [0.25, 0.3) is 0 Å². The molecular formula is C15H13NO3S. The highest BCUT2D eigenvalue weighted by atomic mass is 32.1. The van der Waals surface area contributed by atoms with E-state index in [-0.39, 0.29) is 0 Å². The summed E-state index contributed by atoms with van der Waals surface area (Å²) in [6, 6.07) is 1.80. The van der Waals surface area contributed by atoms with Crippen molar-refractivity contribution in [2.24, 2.45) is 0 Å². The van der Waals surface area contributed by atoms with E-state index in [1.54, 1.807) is 30.4 Å². The molecule has 2 rings (SSSR count). The van der Waals surface area contributed by atoms with Crippen molar-refractivity contribution in [3.8, 4) is 0 Å². The lowest BCUT2D eigenvalue weighted by Gasteiger charge is -2.05. The normalized spacial score (nSPS) is 14.1. The first-order valence-corrected chi connectivity index (χ1v) is 6.82. The van der Waals surface area contributed by atoms with E-state index in [1.807, 2.05) is 29.0 Å². The van der Waals surface area contributed by atoms with Crippen LogP contribution in [0.2, 0.25) is 0 Å². The van der Waals surface area contributed by atoms with E-state index < -0.39 is 6.09 Å². The number of amides is 1. The first-order chi connectivity index (χ1) is 9.84. The van der Waals surface area contributed by atoms with Gasteiger partial charge in [0.25, 0.3) is 0 Å². The van der Waals surface area contributed by atoms with Gasteiger partial charge in [0.05, 0.1) is 18.2 Å². The van der Waals surface area contributed by atoms with Crippen LogP contribution in [0.15, 0.2) is 77.6 Å². The second-order valence-electron chi connectivity index (χ2n) is 3.63. The largest absolute Gasteiger partial charge is 0.472 e. The number of carbonyl (C=O) groups is 1.